The third-order valence-electron chi connectivity index (χ3n) is 8.61. The molecule has 0 aromatic carbocycles. The molecule has 0 aliphatic carbocycles. The molecule has 2 radical (unpaired) electrons. The molecule has 0 atom stereocenters. The number of hydrogen-bond donors (Lipinski definition) is 0. The van der Waals surface area contributed by atoms with Crippen LogP contribution in [0.1, 0.15) is 134 Å². The highest BCUT2D eigenvalue weighted by Gasteiger charge is 2.34. The van der Waals surface area contributed by atoms with Crippen molar-refractivity contribution in [3.05, 3.63) is 0 Å². The van der Waals surface area contributed by atoms with Gasteiger partial charge in [0.25, 0.3) is 0 Å². The van der Waals surface area contributed by atoms with Crippen molar-refractivity contribution in [3.8, 4) is 0 Å². The highest BCUT2D eigenvalue weighted by molar-refractivity contribution is 6.11. The zero-order valence-corrected chi connectivity index (χ0v) is 32.6. The molecule has 0 bridgehead atoms. The monoisotopic (exact) mass is 681 g/mol. The molecule has 10 nitrogen and oxygen atoms in total. The van der Waals surface area contributed by atoms with E-state index in [1.54, 1.807) is 55.4 Å². The zero-order chi connectivity index (χ0) is 37.2. The van der Waals surface area contributed by atoms with Gasteiger partial charge in [0.15, 0.2) is 23.1 Å². The van der Waals surface area contributed by atoms with Gasteiger partial charge in [0.1, 0.15) is 30.3 Å². The molecule has 0 saturated heterocycles. The minimum absolute atomic E-state index is 0.0763. The first-order valence-corrected chi connectivity index (χ1v) is 18.1. The maximum Gasteiger partial charge on any atom is 0.165 e. The lowest BCUT2D eigenvalue weighted by Crippen LogP contribution is -2.53. The molecule has 0 heterocycles. The number of ketones is 4. The smallest absolute Gasteiger partial charge is 0.165 e. The number of ether oxygens (including phenoxy) is 4. The Morgan fingerprint density at radius 1 is 0.458 bits per heavy atom. The predicted molar refractivity (Wildman–Crippen MR) is 192 cm³/mol. The highest BCUT2D eigenvalue weighted by Crippen LogP contribution is 2.20. The van der Waals surface area contributed by atoms with Crippen LogP contribution in [0.3, 0.4) is 0 Å². The van der Waals surface area contributed by atoms with Crippen molar-refractivity contribution in [1.29, 1.82) is 0 Å². The molecule has 0 N–H and O–H groups in total. The largest absolute Gasteiger partial charge is 0.368 e. The van der Waals surface area contributed by atoms with E-state index in [4.69, 9.17) is 26.8 Å². The average molecular weight is 681 g/mol. The molecule has 0 rings (SSSR count). The van der Waals surface area contributed by atoms with Crippen molar-refractivity contribution in [3.63, 3.8) is 0 Å². The maximum atomic E-state index is 13.3. The van der Waals surface area contributed by atoms with E-state index in [2.05, 4.69) is 0 Å². The molecule has 11 heteroatoms. The van der Waals surface area contributed by atoms with E-state index in [1.807, 2.05) is 37.5 Å². The molecule has 0 fully saturated rings. The fraction of sp³-hybridized carbons (Fsp3) is 0.892. The van der Waals surface area contributed by atoms with E-state index in [-0.39, 0.29) is 75.0 Å². The van der Waals surface area contributed by atoms with E-state index >= 15 is 0 Å². The number of Topliss-reactive ketones (excluding diaryl/α,β-unsaturated/α-hetero) is 4. The van der Waals surface area contributed by atoms with Crippen LogP contribution in [0.2, 0.25) is 0 Å². The van der Waals surface area contributed by atoms with Gasteiger partial charge in [-0.25, -0.2) is 0 Å². The van der Waals surface area contributed by atoms with Crippen LogP contribution in [0.25, 0.3) is 0 Å². The lowest BCUT2D eigenvalue weighted by atomic mass is 9.94. The molecule has 0 aromatic rings. The Hall–Kier alpha value is -1.50. The Kier molecular flexibility index (Phi) is 21.7. The Balaban J connectivity index is 6.29. The maximum absolute atomic E-state index is 13.3. The van der Waals surface area contributed by atoms with Gasteiger partial charge in [0.2, 0.25) is 0 Å². The first kappa shape index (κ1) is 46.5. The number of hydrogen-bond acceptors (Lipinski definition) is 10. The molecular formula is C37H69BN2O8. The van der Waals surface area contributed by atoms with Gasteiger partial charge >= 0.3 is 0 Å². The van der Waals surface area contributed by atoms with E-state index < -0.39 is 28.5 Å². The van der Waals surface area contributed by atoms with Gasteiger partial charge in [-0.2, -0.15) is 0 Å². The van der Waals surface area contributed by atoms with Gasteiger partial charge in [0, 0.05) is 84.4 Å². The fourth-order valence-corrected chi connectivity index (χ4v) is 4.92. The van der Waals surface area contributed by atoms with Gasteiger partial charge < -0.3 is 18.9 Å². The summed E-state index contributed by atoms with van der Waals surface area (Å²) in [5.74, 6) is -0.305. The standard InChI is InChI=1S/C37H69BN2O8/c1-13-25-45-34(5,6)29(41)17-21-39(22-18-30(42)35(7,8)46-26-14-2)33(38)40(23-19-31(43)36(9,10)47-27-15-3)24-20-32(44)37(11,12)48-28-16-4/h33H,13-28H2,1-12H3. The summed E-state index contributed by atoms with van der Waals surface area (Å²) in [7, 11) is 6.95. The summed E-state index contributed by atoms with van der Waals surface area (Å²) in [6, 6.07) is -0.787. The van der Waals surface area contributed by atoms with Gasteiger partial charge in [-0.05, 0) is 81.1 Å². The van der Waals surface area contributed by atoms with Crippen LogP contribution in [-0.2, 0) is 38.1 Å². The number of carbonyl (C=O) groups is 4. The molecule has 0 spiro atoms. The lowest BCUT2D eigenvalue weighted by molar-refractivity contribution is -0.141. The second kappa shape index (κ2) is 22.3. The molecule has 0 saturated carbocycles. The molecule has 0 aliphatic heterocycles. The lowest BCUT2D eigenvalue weighted by Gasteiger charge is -2.39. The highest BCUT2D eigenvalue weighted by atomic mass is 16.5. The first-order valence-electron chi connectivity index (χ1n) is 18.1. The van der Waals surface area contributed by atoms with Crippen molar-refractivity contribution in [1.82, 2.24) is 9.80 Å². The SMILES string of the molecule is [B]C(N(CCC(=O)C(C)(C)OCCC)CCC(=O)C(C)(C)OCCC)N(CCC(=O)C(C)(C)OCCC)CCC(=O)C(C)(C)OCCC. The van der Waals surface area contributed by atoms with E-state index in [1.165, 1.54) is 0 Å². The molecule has 278 valence electrons. The Bertz CT molecular complexity index is 834. The van der Waals surface area contributed by atoms with Crippen molar-refractivity contribution >= 4 is 31.0 Å². The average Bonchev–Trinajstić information content (AvgIpc) is 3.03. The summed E-state index contributed by atoms with van der Waals surface area (Å²) in [4.78, 5) is 57.0. The van der Waals surface area contributed by atoms with Crippen molar-refractivity contribution in [2.45, 2.75) is 163 Å². The Morgan fingerprint density at radius 3 is 0.812 bits per heavy atom. The summed E-state index contributed by atoms with van der Waals surface area (Å²) in [6.45, 7) is 25.0. The van der Waals surface area contributed by atoms with E-state index in [0.29, 0.717) is 26.4 Å². The van der Waals surface area contributed by atoms with Crippen LogP contribution in [0, 0.1) is 0 Å². The molecule has 0 amide bonds. The summed E-state index contributed by atoms with van der Waals surface area (Å²) in [5, 5.41) is 0. The van der Waals surface area contributed by atoms with Gasteiger partial charge in [-0.3, -0.25) is 29.0 Å². The van der Waals surface area contributed by atoms with Crippen LogP contribution in [0.15, 0.2) is 0 Å². The van der Waals surface area contributed by atoms with Crippen molar-refractivity contribution < 1.29 is 38.1 Å². The molecule has 0 unspecified atom stereocenters. The normalized spacial score (nSPS) is 13.1. The first-order chi connectivity index (χ1) is 22.2. The van der Waals surface area contributed by atoms with Crippen LogP contribution in [-0.4, -0.2) is 122 Å². The third-order valence-corrected chi connectivity index (χ3v) is 8.61. The summed E-state index contributed by atoms with van der Waals surface area (Å²) in [5.41, 5.74) is -3.87. The number of nitrogens with zero attached hydrogens (tertiary/aromatic N) is 2. The quantitative estimate of drug-likeness (QED) is 0.0692. The molecular weight excluding hydrogens is 611 g/mol. The van der Waals surface area contributed by atoms with Crippen LogP contribution in [0.5, 0.6) is 0 Å². The molecule has 0 aliphatic rings. The summed E-state index contributed by atoms with van der Waals surface area (Å²) >= 11 is 0. The fourth-order valence-electron chi connectivity index (χ4n) is 4.92. The van der Waals surface area contributed by atoms with Crippen molar-refractivity contribution in [2.75, 3.05) is 52.6 Å². The minimum Gasteiger partial charge on any atom is -0.368 e. The number of carbonyl (C=O) groups excluding carboxylic acids is 4. The predicted octanol–water partition coefficient (Wildman–Crippen LogP) is 5.70. The number of rotatable bonds is 30. The topological polar surface area (TPSA) is 112 Å². The van der Waals surface area contributed by atoms with Gasteiger partial charge in [-0.1, -0.05) is 27.7 Å². The minimum atomic E-state index is -0.968. The summed E-state index contributed by atoms with van der Waals surface area (Å²) < 4.78 is 23.3. The van der Waals surface area contributed by atoms with Crippen LogP contribution < -0.4 is 0 Å². The van der Waals surface area contributed by atoms with Gasteiger partial charge in [0.05, 0.1) is 0 Å². The second-order valence-electron chi connectivity index (χ2n) is 14.6. The Labute approximate surface area is 294 Å². The zero-order valence-electron chi connectivity index (χ0n) is 32.6. The van der Waals surface area contributed by atoms with E-state index in [9.17, 15) is 19.2 Å². The summed E-state index contributed by atoms with van der Waals surface area (Å²) in [6.07, 6.45) is 3.76. The van der Waals surface area contributed by atoms with Gasteiger partial charge in [-0.15, -0.1) is 0 Å². The molecule has 0 aromatic heterocycles. The van der Waals surface area contributed by atoms with Crippen molar-refractivity contribution in [2.24, 2.45) is 0 Å². The Morgan fingerprint density at radius 2 is 0.646 bits per heavy atom. The van der Waals surface area contributed by atoms with Crippen LogP contribution in [0.4, 0.5) is 0 Å². The third kappa shape index (κ3) is 16.9. The van der Waals surface area contributed by atoms with Crippen LogP contribution >= 0.6 is 0 Å². The van der Waals surface area contributed by atoms with E-state index in [0.717, 1.165) is 25.7 Å². The second-order valence-corrected chi connectivity index (χ2v) is 14.6. The molecule has 48 heavy (non-hydrogen) atoms.